The van der Waals surface area contributed by atoms with Gasteiger partial charge in [-0.05, 0) is 55.2 Å². The van der Waals surface area contributed by atoms with Gasteiger partial charge in [0.1, 0.15) is 5.75 Å². The van der Waals surface area contributed by atoms with E-state index in [-0.39, 0.29) is 5.91 Å². The highest BCUT2D eigenvalue weighted by atomic mass is 35.5. The second-order valence-corrected chi connectivity index (χ2v) is 6.29. The molecule has 0 aliphatic rings. The van der Waals surface area contributed by atoms with Crippen molar-refractivity contribution in [2.75, 3.05) is 5.32 Å². The van der Waals surface area contributed by atoms with Gasteiger partial charge in [0.25, 0.3) is 5.91 Å². The second-order valence-electron chi connectivity index (χ2n) is 5.89. The third-order valence-electron chi connectivity index (χ3n) is 3.75. The van der Waals surface area contributed by atoms with Crippen LogP contribution in [0, 0.1) is 6.92 Å². The van der Waals surface area contributed by atoms with Crippen molar-refractivity contribution in [3.8, 4) is 5.75 Å². The first-order chi connectivity index (χ1) is 10.9. The highest BCUT2D eigenvalue weighted by molar-refractivity contribution is 6.31. The fourth-order valence-corrected chi connectivity index (χ4v) is 2.34. The van der Waals surface area contributed by atoms with Crippen molar-refractivity contribution in [1.82, 2.24) is 0 Å². The molecule has 0 unspecified atom stereocenters. The molecule has 4 heteroatoms. The molecule has 2 aromatic rings. The van der Waals surface area contributed by atoms with Crippen LogP contribution in [0.15, 0.2) is 42.5 Å². The summed E-state index contributed by atoms with van der Waals surface area (Å²) in [5.41, 5.74) is 2.79. The van der Waals surface area contributed by atoms with Crippen molar-refractivity contribution < 1.29 is 9.53 Å². The molecule has 3 nitrogen and oxygen atoms in total. The van der Waals surface area contributed by atoms with E-state index in [1.54, 1.807) is 19.1 Å². The van der Waals surface area contributed by atoms with Crippen LogP contribution in [0.25, 0.3) is 0 Å². The fraction of sp³-hybridized carbons (Fsp3) is 0.316. The third-order valence-corrected chi connectivity index (χ3v) is 4.16. The summed E-state index contributed by atoms with van der Waals surface area (Å²) in [7, 11) is 0. The Morgan fingerprint density at radius 3 is 2.35 bits per heavy atom. The predicted molar refractivity (Wildman–Crippen MR) is 95.4 cm³/mol. The van der Waals surface area contributed by atoms with Crippen LogP contribution in [0.2, 0.25) is 5.02 Å². The number of benzene rings is 2. The molecule has 23 heavy (non-hydrogen) atoms. The van der Waals surface area contributed by atoms with Crippen molar-refractivity contribution in [3.05, 3.63) is 58.6 Å². The predicted octanol–water partition coefficient (Wildman–Crippen LogP) is 5.18. The number of nitrogens with one attached hydrogen (secondary N) is 1. The van der Waals surface area contributed by atoms with Crippen LogP contribution in [0.4, 0.5) is 5.69 Å². The zero-order valence-corrected chi connectivity index (χ0v) is 14.6. The number of carbonyl (C=O) groups is 1. The van der Waals surface area contributed by atoms with Crippen molar-refractivity contribution >= 4 is 23.2 Å². The number of hydrogen-bond acceptors (Lipinski definition) is 2. The van der Waals surface area contributed by atoms with Crippen LogP contribution >= 0.6 is 11.6 Å². The van der Waals surface area contributed by atoms with Gasteiger partial charge in [-0.1, -0.05) is 43.6 Å². The standard InChI is InChI=1S/C19H22ClNO2/c1-12(2)15-8-10-16(11-9-15)23-14(4)19(22)21-18-7-5-6-17(20)13(18)3/h5-12,14H,1-4H3,(H,21,22)/t14-/m0/s1. The third kappa shape index (κ3) is 4.49. The zero-order valence-electron chi connectivity index (χ0n) is 13.9. The highest BCUT2D eigenvalue weighted by Crippen LogP contribution is 2.24. The number of anilines is 1. The van der Waals surface area contributed by atoms with E-state index in [0.717, 1.165) is 5.56 Å². The molecule has 1 N–H and O–H groups in total. The number of ether oxygens (including phenoxy) is 1. The Balaban J connectivity index is 2.01. The molecule has 122 valence electrons. The van der Waals surface area contributed by atoms with Crippen LogP contribution < -0.4 is 10.1 Å². The van der Waals surface area contributed by atoms with E-state index in [9.17, 15) is 4.79 Å². The number of carbonyl (C=O) groups excluding carboxylic acids is 1. The number of hydrogen-bond donors (Lipinski definition) is 1. The first-order valence-electron chi connectivity index (χ1n) is 7.71. The van der Waals surface area contributed by atoms with E-state index in [2.05, 4.69) is 19.2 Å². The van der Waals surface area contributed by atoms with E-state index >= 15 is 0 Å². The van der Waals surface area contributed by atoms with Crippen molar-refractivity contribution in [1.29, 1.82) is 0 Å². The number of amides is 1. The second kappa shape index (κ2) is 7.51. The first-order valence-corrected chi connectivity index (χ1v) is 8.09. The molecule has 0 heterocycles. The Bertz CT molecular complexity index is 680. The van der Waals surface area contributed by atoms with Gasteiger partial charge in [0, 0.05) is 10.7 Å². The minimum atomic E-state index is -0.599. The van der Waals surface area contributed by atoms with Gasteiger partial charge in [-0.2, -0.15) is 0 Å². The Morgan fingerprint density at radius 1 is 1.09 bits per heavy atom. The average molecular weight is 332 g/mol. The fourth-order valence-electron chi connectivity index (χ4n) is 2.17. The molecule has 0 aliphatic heterocycles. The van der Waals surface area contributed by atoms with Crippen LogP contribution in [0.1, 0.15) is 37.8 Å². The minimum Gasteiger partial charge on any atom is -0.481 e. The number of halogens is 1. The van der Waals surface area contributed by atoms with E-state index in [0.29, 0.717) is 22.4 Å². The van der Waals surface area contributed by atoms with E-state index in [1.165, 1.54) is 5.56 Å². The molecule has 0 spiro atoms. The van der Waals surface area contributed by atoms with Crippen molar-refractivity contribution in [2.45, 2.75) is 39.7 Å². The smallest absolute Gasteiger partial charge is 0.265 e. The molecule has 2 aromatic carbocycles. The molecule has 1 atom stereocenters. The molecule has 0 saturated carbocycles. The summed E-state index contributed by atoms with van der Waals surface area (Å²) >= 11 is 6.06. The topological polar surface area (TPSA) is 38.3 Å². The summed E-state index contributed by atoms with van der Waals surface area (Å²) in [6.45, 7) is 7.87. The lowest BCUT2D eigenvalue weighted by Crippen LogP contribution is -2.30. The van der Waals surface area contributed by atoms with Gasteiger partial charge in [0.05, 0.1) is 0 Å². The molecular formula is C19H22ClNO2. The largest absolute Gasteiger partial charge is 0.481 e. The molecule has 0 fully saturated rings. The summed E-state index contributed by atoms with van der Waals surface area (Å²) in [4.78, 5) is 12.3. The Hall–Kier alpha value is -2.00. The minimum absolute atomic E-state index is 0.205. The quantitative estimate of drug-likeness (QED) is 0.820. The molecule has 0 saturated heterocycles. The van der Waals surface area contributed by atoms with Gasteiger partial charge in [-0.15, -0.1) is 0 Å². The maximum atomic E-state index is 12.3. The lowest BCUT2D eigenvalue weighted by Gasteiger charge is -2.16. The maximum absolute atomic E-state index is 12.3. The molecule has 0 radical (unpaired) electrons. The van der Waals surface area contributed by atoms with Crippen LogP contribution in [0.5, 0.6) is 5.75 Å². The van der Waals surface area contributed by atoms with Gasteiger partial charge in [0.15, 0.2) is 6.10 Å². The molecule has 2 rings (SSSR count). The van der Waals surface area contributed by atoms with Gasteiger partial charge in [-0.25, -0.2) is 0 Å². The highest BCUT2D eigenvalue weighted by Gasteiger charge is 2.16. The van der Waals surface area contributed by atoms with Gasteiger partial charge in [0.2, 0.25) is 0 Å². The summed E-state index contributed by atoms with van der Waals surface area (Å²) in [5, 5.41) is 3.48. The number of rotatable bonds is 5. The summed E-state index contributed by atoms with van der Waals surface area (Å²) < 4.78 is 5.71. The van der Waals surface area contributed by atoms with Gasteiger partial charge >= 0.3 is 0 Å². The van der Waals surface area contributed by atoms with Crippen molar-refractivity contribution in [2.24, 2.45) is 0 Å². The lowest BCUT2D eigenvalue weighted by molar-refractivity contribution is -0.122. The normalized spacial score (nSPS) is 12.1. The molecule has 0 aromatic heterocycles. The SMILES string of the molecule is Cc1c(Cl)cccc1NC(=O)[C@H](C)Oc1ccc(C(C)C)cc1. The lowest BCUT2D eigenvalue weighted by atomic mass is 10.0. The van der Waals surface area contributed by atoms with Crippen LogP contribution in [0.3, 0.4) is 0 Å². The Morgan fingerprint density at radius 2 is 1.74 bits per heavy atom. The van der Waals surface area contributed by atoms with Crippen molar-refractivity contribution in [3.63, 3.8) is 0 Å². The van der Waals surface area contributed by atoms with E-state index in [4.69, 9.17) is 16.3 Å². The van der Waals surface area contributed by atoms with E-state index < -0.39 is 6.10 Å². The molecule has 0 bridgehead atoms. The monoisotopic (exact) mass is 331 g/mol. The van der Waals surface area contributed by atoms with Gasteiger partial charge in [-0.3, -0.25) is 4.79 Å². The summed E-state index contributed by atoms with van der Waals surface area (Å²) in [6.07, 6.45) is -0.599. The Kier molecular flexibility index (Phi) is 5.67. The van der Waals surface area contributed by atoms with Crippen LogP contribution in [-0.4, -0.2) is 12.0 Å². The average Bonchev–Trinajstić information content (AvgIpc) is 2.52. The molecule has 1 amide bonds. The first kappa shape index (κ1) is 17.4. The zero-order chi connectivity index (χ0) is 17.0. The summed E-state index contributed by atoms with van der Waals surface area (Å²) in [5.74, 6) is 0.943. The Labute approximate surface area is 142 Å². The maximum Gasteiger partial charge on any atom is 0.265 e. The molecule has 0 aliphatic carbocycles. The van der Waals surface area contributed by atoms with Crippen LogP contribution in [-0.2, 0) is 4.79 Å². The molecular weight excluding hydrogens is 310 g/mol. The van der Waals surface area contributed by atoms with E-state index in [1.807, 2.05) is 37.3 Å². The van der Waals surface area contributed by atoms with Gasteiger partial charge < -0.3 is 10.1 Å². The summed E-state index contributed by atoms with van der Waals surface area (Å²) in [6, 6.07) is 13.2.